The molecule has 5 nitrogen and oxygen atoms in total. The Balaban J connectivity index is 2.12. The van der Waals surface area contributed by atoms with Crippen molar-refractivity contribution in [2.24, 2.45) is 0 Å². The first-order chi connectivity index (χ1) is 11.3. The third-order valence-electron chi connectivity index (χ3n) is 3.11. The summed E-state index contributed by atoms with van der Waals surface area (Å²) >= 11 is 16.8. The number of hydrogen-bond donors (Lipinski definition) is 2. The Kier molecular flexibility index (Phi) is 5.77. The van der Waals surface area contributed by atoms with Crippen LogP contribution < -0.4 is 15.7 Å². The van der Waals surface area contributed by atoms with Gasteiger partial charge in [-0.05, 0) is 55.0 Å². The molecule has 0 aliphatic carbocycles. The van der Waals surface area contributed by atoms with E-state index in [1.165, 1.54) is 24.3 Å². The number of aryl methyl sites for hydroxylation is 1. The number of halogens is 2. The molecule has 0 saturated heterocycles. The first-order valence-electron chi connectivity index (χ1n) is 6.67. The van der Waals surface area contributed by atoms with E-state index in [1.807, 2.05) is 6.92 Å². The van der Waals surface area contributed by atoms with Crippen LogP contribution in [-0.4, -0.2) is 17.0 Å². The maximum Gasteiger partial charge on any atom is 0.257 e. The molecule has 2 aromatic carbocycles. The number of aromatic carboxylic acids is 1. The maximum atomic E-state index is 12.1. The molecule has 124 valence electrons. The lowest BCUT2D eigenvalue weighted by atomic mass is 10.1. The van der Waals surface area contributed by atoms with Gasteiger partial charge in [-0.15, -0.1) is 0 Å². The second kappa shape index (κ2) is 7.61. The summed E-state index contributed by atoms with van der Waals surface area (Å²) in [6.07, 6.45) is 0. The fourth-order valence-corrected chi connectivity index (χ4v) is 2.41. The van der Waals surface area contributed by atoms with Crippen LogP contribution in [0.3, 0.4) is 0 Å². The van der Waals surface area contributed by atoms with Crippen LogP contribution >= 0.6 is 35.4 Å². The van der Waals surface area contributed by atoms with Gasteiger partial charge in [-0.3, -0.25) is 10.1 Å². The SMILES string of the molecule is Cc1ccc(C(=O)NC(=S)Nc2ccc(Cl)cc2C(=O)[O-])cc1Cl. The summed E-state index contributed by atoms with van der Waals surface area (Å²) in [5.74, 6) is -1.89. The Labute approximate surface area is 153 Å². The van der Waals surface area contributed by atoms with Gasteiger partial charge in [0.15, 0.2) is 5.11 Å². The minimum absolute atomic E-state index is 0.0680. The second-order valence-electron chi connectivity index (χ2n) is 4.85. The van der Waals surface area contributed by atoms with Gasteiger partial charge in [0.25, 0.3) is 5.91 Å². The zero-order chi connectivity index (χ0) is 17.9. The largest absolute Gasteiger partial charge is 0.545 e. The molecule has 0 fully saturated rings. The summed E-state index contributed by atoms with van der Waals surface area (Å²) in [7, 11) is 0. The minimum atomic E-state index is -1.42. The van der Waals surface area contributed by atoms with Gasteiger partial charge in [-0.25, -0.2) is 0 Å². The average Bonchev–Trinajstić information content (AvgIpc) is 2.51. The van der Waals surface area contributed by atoms with Crippen LogP contribution in [0.25, 0.3) is 0 Å². The van der Waals surface area contributed by atoms with Crippen molar-refractivity contribution in [3.63, 3.8) is 0 Å². The molecule has 0 radical (unpaired) electrons. The summed E-state index contributed by atoms with van der Waals surface area (Å²) in [6, 6.07) is 8.97. The number of anilines is 1. The van der Waals surface area contributed by atoms with Crippen LogP contribution in [-0.2, 0) is 0 Å². The monoisotopic (exact) mass is 381 g/mol. The lowest BCUT2D eigenvalue weighted by Gasteiger charge is -2.14. The van der Waals surface area contributed by atoms with E-state index in [9.17, 15) is 14.7 Å². The molecule has 2 rings (SSSR count). The molecule has 0 heterocycles. The third-order valence-corrected chi connectivity index (χ3v) is 3.96. The zero-order valence-electron chi connectivity index (χ0n) is 12.4. The molecule has 2 aromatic rings. The van der Waals surface area contributed by atoms with E-state index in [0.29, 0.717) is 10.6 Å². The Morgan fingerprint density at radius 2 is 1.83 bits per heavy atom. The number of amides is 1. The van der Waals surface area contributed by atoms with Crippen LogP contribution in [0.4, 0.5) is 5.69 Å². The van der Waals surface area contributed by atoms with E-state index in [1.54, 1.807) is 12.1 Å². The highest BCUT2D eigenvalue weighted by atomic mass is 35.5. The molecular weight excluding hydrogens is 371 g/mol. The normalized spacial score (nSPS) is 10.1. The highest BCUT2D eigenvalue weighted by molar-refractivity contribution is 7.80. The summed E-state index contributed by atoms with van der Waals surface area (Å²) in [5, 5.41) is 16.8. The summed E-state index contributed by atoms with van der Waals surface area (Å²) in [6.45, 7) is 1.82. The summed E-state index contributed by atoms with van der Waals surface area (Å²) in [5.41, 5.74) is 1.16. The number of carboxylic acid groups (broad SMARTS) is 1. The average molecular weight is 382 g/mol. The van der Waals surface area contributed by atoms with Gasteiger partial charge in [0.05, 0.1) is 5.97 Å². The molecule has 0 aliphatic heterocycles. The number of thiocarbonyl (C=S) groups is 1. The standard InChI is InChI=1S/C16H12Cl2N2O3S/c1-8-2-3-9(6-12(8)18)14(21)20-16(24)19-13-5-4-10(17)7-11(13)15(22)23/h2-7H,1H3,(H,22,23)(H2,19,20,21,24)/p-1. The Hall–Kier alpha value is -2.15. The van der Waals surface area contributed by atoms with Crippen molar-refractivity contribution >= 4 is 58.1 Å². The van der Waals surface area contributed by atoms with E-state index in [2.05, 4.69) is 10.6 Å². The van der Waals surface area contributed by atoms with E-state index in [-0.39, 0.29) is 21.4 Å². The highest BCUT2D eigenvalue weighted by Crippen LogP contribution is 2.20. The topological polar surface area (TPSA) is 81.3 Å². The smallest absolute Gasteiger partial charge is 0.257 e. The molecule has 24 heavy (non-hydrogen) atoms. The minimum Gasteiger partial charge on any atom is -0.545 e. The van der Waals surface area contributed by atoms with Gasteiger partial charge in [0.2, 0.25) is 0 Å². The molecule has 0 saturated carbocycles. The predicted molar refractivity (Wildman–Crippen MR) is 95.7 cm³/mol. The van der Waals surface area contributed by atoms with Gasteiger partial charge in [0.1, 0.15) is 0 Å². The van der Waals surface area contributed by atoms with Crippen molar-refractivity contribution in [2.75, 3.05) is 5.32 Å². The van der Waals surface area contributed by atoms with E-state index in [4.69, 9.17) is 35.4 Å². The number of benzene rings is 2. The molecule has 1 amide bonds. The van der Waals surface area contributed by atoms with Crippen LogP contribution in [0.5, 0.6) is 0 Å². The first-order valence-corrected chi connectivity index (χ1v) is 7.83. The summed E-state index contributed by atoms with van der Waals surface area (Å²) in [4.78, 5) is 23.2. The quantitative estimate of drug-likeness (QED) is 0.798. The highest BCUT2D eigenvalue weighted by Gasteiger charge is 2.11. The van der Waals surface area contributed by atoms with Crippen LogP contribution in [0.2, 0.25) is 10.0 Å². The fourth-order valence-electron chi connectivity index (χ4n) is 1.86. The van der Waals surface area contributed by atoms with Gasteiger partial charge >= 0.3 is 0 Å². The van der Waals surface area contributed by atoms with Crippen LogP contribution in [0.15, 0.2) is 36.4 Å². The van der Waals surface area contributed by atoms with Crippen molar-refractivity contribution in [2.45, 2.75) is 6.92 Å². The molecule has 8 heteroatoms. The predicted octanol–water partition coefficient (Wildman–Crippen LogP) is 2.79. The maximum absolute atomic E-state index is 12.1. The fraction of sp³-hybridized carbons (Fsp3) is 0.0625. The molecule has 0 aromatic heterocycles. The van der Waals surface area contributed by atoms with Gasteiger partial charge in [0, 0.05) is 26.9 Å². The van der Waals surface area contributed by atoms with Crippen molar-refractivity contribution in [1.29, 1.82) is 0 Å². The Morgan fingerprint density at radius 1 is 1.12 bits per heavy atom. The van der Waals surface area contributed by atoms with E-state index in [0.717, 1.165) is 5.56 Å². The molecular formula is C16H11Cl2N2O3S-. The molecule has 0 aliphatic rings. The van der Waals surface area contributed by atoms with Crippen molar-refractivity contribution in [3.05, 3.63) is 63.1 Å². The first kappa shape index (κ1) is 18.2. The Bertz CT molecular complexity index is 840. The Morgan fingerprint density at radius 3 is 2.46 bits per heavy atom. The number of hydrogen-bond acceptors (Lipinski definition) is 4. The van der Waals surface area contributed by atoms with Crippen molar-refractivity contribution < 1.29 is 14.7 Å². The number of carbonyl (C=O) groups excluding carboxylic acids is 2. The molecule has 0 atom stereocenters. The molecule has 0 unspecified atom stereocenters. The van der Waals surface area contributed by atoms with Crippen LogP contribution in [0.1, 0.15) is 26.3 Å². The second-order valence-corrected chi connectivity index (χ2v) is 6.10. The number of carbonyl (C=O) groups is 2. The van der Waals surface area contributed by atoms with Crippen molar-refractivity contribution in [3.8, 4) is 0 Å². The van der Waals surface area contributed by atoms with Gasteiger partial charge in [-0.1, -0.05) is 29.3 Å². The van der Waals surface area contributed by atoms with Crippen molar-refractivity contribution in [1.82, 2.24) is 5.32 Å². The lowest BCUT2D eigenvalue weighted by molar-refractivity contribution is -0.254. The lowest BCUT2D eigenvalue weighted by Crippen LogP contribution is -2.35. The third kappa shape index (κ3) is 4.44. The number of nitrogens with one attached hydrogen (secondary N) is 2. The van der Waals surface area contributed by atoms with Gasteiger partial charge < -0.3 is 15.2 Å². The van der Waals surface area contributed by atoms with Gasteiger partial charge in [-0.2, -0.15) is 0 Å². The molecule has 0 bridgehead atoms. The van der Waals surface area contributed by atoms with E-state index < -0.39 is 11.9 Å². The zero-order valence-corrected chi connectivity index (χ0v) is 14.7. The van der Waals surface area contributed by atoms with Crippen LogP contribution in [0, 0.1) is 6.92 Å². The molecule has 0 spiro atoms. The summed E-state index contributed by atoms with van der Waals surface area (Å²) < 4.78 is 0. The number of rotatable bonds is 3. The molecule has 2 N–H and O–H groups in total. The van der Waals surface area contributed by atoms with E-state index >= 15 is 0 Å². The number of carboxylic acids is 1.